The SMILES string of the molecule is CC(C)C1CCC(N2CCC(n3c(CNC(=O)O)c(CNO)c4ccccc43)CC2)CC1. The summed E-state index contributed by atoms with van der Waals surface area (Å²) in [6.45, 7) is 7.42. The van der Waals surface area contributed by atoms with Crippen LogP contribution >= 0.6 is 0 Å². The fourth-order valence-corrected chi connectivity index (χ4v) is 6.07. The molecule has 0 radical (unpaired) electrons. The van der Waals surface area contributed by atoms with Crippen molar-refractivity contribution >= 4 is 17.0 Å². The molecule has 2 heterocycles. The second-order valence-corrected chi connectivity index (χ2v) is 9.89. The van der Waals surface area contributed by atoms with Gasteiger partial charge >= 0.3 is 6.09 Å². The summed E-state index contributed by atoms with van der Waals surface area (Å²) in [5.74, 6) is 1.68. The number of hydrogen-bond acceptors (Lipinski definition) is 4. The Bertz CT molecular complexity index is 909. The molecule has 7 heteroatoms. The van der Waals surface area contributed by atoms with Crippen molar-refractivity contribution in [3.8, 4) is 0 Å². The summed E-state index contributed by atoms with van der Waals surface area (Å²) in [7, 11) is 0. The van der Waals surface area contributed by atoms with Crippen LogP contribution < -0.4 is 10.8 Å². The Hall–Kier alpha value is -2.09. The summed E-state index contributed by atoms with van der Waals surface area (Å²) in [5.41, 5.74) is 5.32. The van der Waals surface area contributed by atoms with Crippen LogP contribution in [0.25, 0.3) is 10.9 Å². The summed E-state index contributed by atoms with van der Waals surface area (Å²) in [4.78, 5) is 13.9. The number of para-hydroxylation sites is 1. The topological polar surface area (TPSA) is 89.8 Å². The van der Waals surface area contributed by atoms with E-state index in [2.05, 4.69) is 46.2 Å². The molecule has 1 saturated heterocycles. The molecular formula is C25H38N4O3. The van der Waals surface area contributed by atoms with Crippen LogP contribution in [-0.4, -0.2) is 45.0 Å². The number of likely N-dealkylation sites (tertiary alicyclic amines) is 1. The minimum atomic E-state index is -1.03. The van der Waals surface area contributed by atoms with Crippen molar-refractivity contribution in [2.75, 3.05) is 13.1 Å². The number of hydrogen-bond donors (Lipinski definition) is 4. The van der Waals surface area contributed by atoms with Crippen molar-refractivity contribution in [1.29, 1.82) is 0 Å². The Kier molecular flexibility index (Phi) is 7.38. The van der Waals surface area contributed by atoms with Gasteiger partial charge in [0.15, 0.2) is 0 Å². The molecule has 7 nitrogen and oxygen atoms in total. The summed E-state index contributed by atoms with van der Waals surface area (Å²) >= 11 is 0. The number of nitrogens with zero attached hydrogens (tertiary/aromatic N) is 2. The average molecular weight is 443 g/mol. The Morgan fingerprint density at radius 1 is 1.03 bits per heavy atom. The largest absolute Gasteiger partial charge is 0.465 e. The van der Waals surface area contributed by atoms with E-state index in [9.17, 15) is 15.1 Å². The van der Waals surface area contributed by atoms with Gasteiger partial charge in [-0.3, -0.25) is 0 Å². The van der Waals surface area contributed by atoms with Crippen molar-refractivity contribution in [2.45, 2.75) is 77.5 Å². The molecule has 0 unspecified atom stereocenters. The number of carboxylic acid groups (broad SMARTS) is 1. The second kappa shape index (κ2) is 10.2. The number of hydroxylamine groups is 1. The molecule has 32 heavy (non-hydrogen) atoms. The van der Waals surface area contributed by atoms with Crippen molar-refractivity contribution in [1.82, 2.24) is 20.3 Å². The average Bonchev–Trinajstić information content (AvgIpc) is 3.11. The normalized spacial score (nSPS) is 23.1. The first-order chi connectivity index (χ1) is 15.5. The number of carbonyl (C=O) groups is 1. The predicted molar refractivity (Wildman–Crippen MR) is 126 cm³/mol. The van der Waals surface area contributed by atoms with Gasteiger partial charge in [-0.15, -0.1) is 0 Å². The summed E-state index contributed by atoms with van der Waals surface area (Å²) in [6, 6.07) is 9.25. The van der Waals surface area contributed by atoms with E-state index in [0.717, 1.165) is 66.0 Å². The maximum atomic E-state index is 11.2. The van der Waals surface area contributed by atoms with Crippen LogP contribution in [0.5, 0.6) is 0 Å². The fraction of sp³-hybridized carbons (Fsp3) is 0.640. The quantitative estimate of drug-likeness (QED) is 0.465. The highest BCUT2D eigenvalue weighted by atomic mass is 16.5. The molecule has 0 atom stereocenters. The monoisotopic (exact) mass is 442 g/mol. The molecule has 2 aliphatic rings. The predicted octanol–water partition coefficient (Wildman–Crippen LogP) is 4.74. The van der Waals surface area contributed by atoms with Crippen LogP contribution in [0.1, 0.15) is 69.7 Å². The number of aromatic nitrogens is 1. The van der Waals surface area contributed by atoms with Crippen molar-refractivity contribution < 1.29 is 15.1 Å². The molecule has 1 aromatic heterocycles. The van der Waals surface area contributed by atoms with Gasteiger partial charge < -0.3 is 25.1 Å². The highest BCUT2D eigenvalue weighted by molar-refractivity contribution is 5.86. The summed E-state index contributed by atoms with van der Waals surface area (Å²) in [5, 5.41) is 22.3. The zero-order valence-electron chi connectivity index (χ0n) is 19.4. The van der Waals surface area contributed by atoms with Gasteiger partial charge in [0.2, 0.25) is 0 Å². The molecule has 176 valence electrons. The van der Waals surface area contributed by atoms with Crippen LogP contribution in [0.4, 0.5) is 4.79 Å². The number of nitrogens with one attached hydrogen (secondary N) is 2. The Labute approximate surface area is 190 Å². The molecule has 0 spiro atoms. The lowest BCUT2D eigenvalue weighted by molar-refractivity contribution is 0.0888. The lowest BCUT2D eigenvalue weighted by Gasteiger charge is -2.42. The van der Waals surface area contributed by atoms with E-state index >= 15 is 0 Å². The molecule has 1 saturated carbocycles. The smallest absolute Gasteiger partial charge is 0.404 e. The molecule has 4 N–H and O–H groups in total. The molecule has 2 aromatic rings. The van der Waals surface area contributed by atoms with Crippen molar-refractivity contribution in [3.63, 3.8) is 0 Å². The van der Waals surface area contributed by atoms with E-state index in [1.165, 1.54) is 25.7 Å². The van der Waals surface area contributed by atoms with Gasteiger partial charge in [0, 0.05) is 48.3 Å². The van der Waals surface area contributed by atoms with E-state index in [1.54, 1.807) is 0 Å². The number of fused-ring (bicyclic) bond motifs is 1. The lowest BCUT2D eigenvalue weighted by Crippen LogP contribution is -2.44. The number of piperidine rings is 1. The molecule has 1 aromatic carbocycles. The van der Waals surface area contributed by atoms with Gasteiger partial charge in [0.1, 0.15) is 0 Å². The fourth-order valence-electron chi connectivity index (χ4n) is 6.07. The summed E-state index contributed by atoms with van der Waals surface area (Å²) in [6.07, 6.45) is 6.45. The molecule has 2 fully saturated rings. The molecular weight excluding hydrogens is 404 g/mol. The number of rotatable bonds is 7. The van der Waals surface area contributed by atoms with Gasteiger partial charge in [0.25, 0.3) is 0 Å². The first kappa shape index (κ1) is 23.1. The second-order valence-electron chi connectivity index (χ2n) is 9.89. The maximum Gasteiger partial charge on any atom is 0.404 e. The van der Waals surface area contributed by atoms with E-state index in [0.29, 0.717) is 12.6 Å². The van der Waals surface area contributed by atoms with E-state index in [-0.39, 0.29) is 6.54 Å². The van der Waals surface area contributed by atoms with Crippen LogP contribution in [0, 0.1) is 11.8 Å². The van der Waals surface area contributed by atoms with E-state index < -0.39 is 6.09 Å². The zero-order chi connectivity index (χ0) is 22.7. The Morgan fingerprint density at radius 3 is 2.34 bits per heavy atom. The molecule has 0 bridgehead atoms. The number of amides is 1. The van der Waals surface area contributed by atoms with Gasteiger partial charge in [0.05, 0.1) is 6.54 Å². The van der Waals surface area contributed by atoms with Crippen LogP contribution in [0.15, 0.2) is 24.3 Å². The third-order valence-electron chi connectivity index (χ3n) is 7.86. The van der Waals surface area contributed by atoms with Crippen LogP contribution in [0.3, 0.4) is 0 Å². The van der Waals surface area contributed by atoms with E-state index in [4.69, 9.17) is 0 Å². The molecule has 1 aliphatic carbocycles. The third-order valence-corrected chi connectivity index (χ3v) is 7.86. The van der Waals surface area contributed by atoms with Crippen LogP contribution in [0.2, 0.25) is 0 Å². The van der Waals surface area contributed by atoms with Gasteiger partial charge in [-0.05, 0) is 62.0 Å². The maximum absolute atomic E-state index is 11.2. The molecule has 1 amide bonds. The van der Waals surface area contributed by atoms with Gasteiger partial charge in [-0.25, -0.2) is 10.3 Å². The van der Waals surface area contributed by atoms with Gasteiger partial charge in [-0.2, -0.15) is 0 Å². The Morgan fingerprint density at radius 2 is 1.72 bits per heavy atom. The highest BCUT2D eigenvalue weighted by Gasteiger charge is 2.31. The lowest BCUT2D eigenvalue weighted by atomic mass is 9.79. The molecule has 1 aliphatic heterocycles. The van der Waals surface area contributed by atoms with E-state index in [1.807, 2.05) is 12.1 Å². The first-order valence-electron chi connectivity index (χ1n) is 12.2. The number of benzene rings is 1. The summed E-state index contributed by atoms with van der Waals surface area (Å²) < 4.78 is 2.34. The minimum absolute atomic E-state index is 0.237. The first-order valence-corrected chi connectivity index (χ1v) is 12.2. The highest BCUT2D eigenvalue weighted by Crippen LogP contribution is 2.37. The van der Waals surface area contributed by atoms with Crippen molar-refractivity contribution in [2.24, 2.45) is 11.8 Å². The van der Waals surface area contributed by atoms with Crippen molar-refractivity contribution in [3.05, 3.63) is 35.5 Å². The minimum Gasteiger partial charge on any atom is -0.465 e. The zero-order valence-corrected chi connectivity index (χ0v) is 19.4. The Balaban J connectivity index is 1.52. The standard InChI is InChI=1S/C25H38N4O3/c1-17(2)18-7-9-19(10-8-18)28-13-11-20(12-14-28)29-23-6-4-3-5-21(23)22(15-27-32)24(29)16-26-25(30)31/h3-6,17-20,26-27,32H,7-16H2,1-2H3,(H,30,31). The third kappa shape index (κ3) is 4.80. The van der Waals surface area contributed by atoms with Crippen LogP contribution in [-0.2, 0) is 13.1 Å². The molecule has 4 rings (SSSR count). The van der Waals surface area contributed by atoms with Gasteiger partial charge in [-0.1, -0.05) is 32.0 Å².